The molecular formula is C14H19N3O3. The van der Waals surface area contributed by atoms with Crippen molar-refractivity contribution in [3.05, 3.63) is 24.0 Å². The van der Waals surface area contributed by atoms with E-state index in [1.54, 1.807) is 30.1 Å². The lowest BCUT2D eigenvalue weighted by molar-refractivity contribution is -0.144. The van der Waals surface area contributed by atoms with Crippen molar-refractivity contribution in [3.8, 4) is 0 Å². The molecule has 2 atom stereocenters. The lowest BCUT2D eigenvalue weighted by Gasteiger charge is -2.28. The van der Waals surface area contributed by atoms with E-state index in [1.165, 1.54) is 6.08 Å². The van der Waals surface area contributed by atoms with Crippen molar-refractivity contribution in [2.45, 2.75) is 31.7 Å². The van der Waals surface area contributed by atoms with Crippen LogP contribution in [0.3, 0.4) is 0 Å². The van der Waals surface area contributed by atoms with Gasteiger partial charge in [0.05, 0.1) is 11.6 Å². The summed E-state index contributed by atoms with van der Waals surface area (Å²) in [5, 5.41) is 16.0. The number of hydrogen-bond donors (Lipinski definition) is 2. The number of nitrogens with one attached hydrogen (secondary N) is 1. The number of hydrogen-bond acceptors (Lipinski definition) is 3. The Morgan fingerprint density at radius 2 is 2.20 bits per heavy atom. The normalized spacial score (nSPS) is 22.9. The van der Waals surface area contributed by atoms with Crippen molar-refractivity contribution >= 4 is 18.0 Å². The topological polar surface area (TPSA) is 84.2 Å². The van der Waals surface area contributed by atoms with Crippen LogP contribution in [0.25, 0.3) is 6.08 Å². The molecule has 1 amide bonds. The molecule has 1 heterocycles. The Kier molecular flexibility index (Phi) is 4.55. The van der Waals surface area contributed by atoms with Crippen LogP contribution >= 0.6 is 0 Å². The Bertz CT molecular complexity index is 521. The molecular weight excluding hydrogens is 258 g/mol. The van der Waals surface area contributed by atoms with E-state index in [1.807, 2.05) is 0 Å². The van der Waals surface area contributed by atoms with E-state index in [-0.39, 0.29) is 11.9 Å². The van der Waals surface area contributed by atoms with Crippen LogP contribution < -0.4 is 5.32 Å². The fraction of sp³-hybridized carbons (Fsp3) is 0.500. The highest BCUT2D eigenvalue weighted by atomic mass is 16.4. The summed E-state index contributed by atoms with van der Waals surface area (Å²) in [7, 11) is 1.79. The van der Waals surface area contributed by atoms with Gasteiger partial charge in [0.2, 0.25) is 5.91 Å². The second-order valence-corrected chi connectivity index (χ2v) is 5.06. The summed E-state index contributed by atoms with van der Waals surface area (Å²) in [4.78, 5) is 23.0. The molecule has 6 heteroatoms. The van der Waals surface area contributed by atoms with E-state index >= 15 is 0 Å². The molecule has 2 unspecified atom stereocenters. The fourth-order valence-electron chi connectivity index (χ4n) is 2.54. The molecule has 1 aromatic rings. The molecule has 0 bridgehead atoms. The molecule has 108 valence electrons. The van der Waals surface area contributed by atoms with Crippen LogP contribution in [0, 0.1) is 5.92 Å². The van der Waals surface area contributed by atoms with Gasteiger partial charge in [-0.3, -0.25) is 14.3 Å². The third-order valence-corrected chi connectivity index (χ3v) is 3.68. The first-order valence-electron chi connectivity index (χ1n) is 6.77. The first kappa shape index (κ1) is 14.3. The molecule has 1 aliphatic carbocycles. The van der Waals surface area contributed by atoms with E-state index in [2.05, 4.69) is 10.4 Å². The number of carbonyl (C=O) groups excluding carboxylic acids is 1. The van der Waals surface area contributed by atoms with Crippen molar-refractivity contribution in [1.82, 2.24) is 15.1 Å². The highest BCUT2D eigenvalue weighted by molar-refractivity contribution is 5.92. The molecule has 0 aromatic carbocycles. The number of aryl methyl sites for hydroxylation is 1. The van der Waals surface area contributed by atoms with Crippen LogP contribution in [0.2, 0.25) is 0 Å². The largest absolute Gasteiger partial charge is 0.481 e. The van der Waals surface area contributed by atoms with Crippen molar-refractivity contribution in [3.63, 3.8) is 0 Å². The summed E-state index contributed by atoms with van der Waals surface area (Å²) in [6, 6.07) is 1.52. The zero-order valence-corrected chi connectivity index (χ0v) is 11.5. The van der Waals surface area contributed by atoms with Crippen molar-refractivity contribution < 1.29 is 14.7 Å². The lowest BCUT2D eigenvalue weighted by Crippen LogP contribution is -2.44. The number of carboxylic acid groups (broad SMARTS) is 1. The van der Waals surface area contributed by atoms with Gasteiger partial charge in [-0.1, -0.05) is 12.8 Å². The van der Waals surface area contributed by atoms with Gasteiger partial charge < -0.3 is 10.4 Å². The highest BCUT2D eigenvalue weighted by Crippen LogP contribution is 2.24. The number of carbonyl (C=O) groups is 2. The molecule has 1 aliphatic rings. The van der Waals surface area contributed by atoms with Gasteiger partial charge >= 0.3 is 5.97 Å². The molecule has 1 aromatic heterocycles. The van der Waals surface area contributed by atoms with Crippen LogP contribution in [-0.2, 0) is 16.6 Å². The summed E-state index contributed by atoms with van der Waals surface area (Å²) in [5.41, 5.74) is 0.818. The summed E-state index contributed by atoms with van der Waals surface area (Å²) in [5.74, 6) is -1.56. The van der Waals surface area contributed by atoms with Crippen LogP contribution in [-0.4, -0.2) is 32.8 Å². The van der Waals surface area contributed by atoms with Gasteiger partial charge in [0.25, 0.3) is 0 Å². The molecule has 0 saturated heterocycles. The fourth-order valence-corrected chi connectivity index (χ4v) is 2.54. The lowest BCUT2D eigenvalue weighted by atomic mass is 9.84. The molecule has 0 spiro atoms. The average molecular weight is 277 g/mol. The minimum atomic E-state index is -0.828. The third-order valence-electron chi connectivity index (χ3n) is 3.68. The predicted molar refractivity (Wildman–Crippen MR) is 73.8 cm³/mol. The van der Waals surface area contributed by atoms with Gasteiger partial charge in [0.1, 0.15) is 0 Å². The molecule has 1 fully saturated rings. The van der Waals surface area contributed by atoms with Gasteiger partial charge in [0, 0.05) is 25.4 Å². The van der Waals surface area contributed by atoms with E-state index in [0.29, 0.717) is 6.42 Å². The Labute approximate surface area is 117 Å². The van der Waals surface area contributed by atoms with Crippen LogP contribution in [0.4, 0.5) is 0 Å². The van der Waals surface area contributed by atoms with Crippen LogP contribution in [0.15, 0.2) is 18.3 Å². The second kappa shape index (κ2) is 6.36. The predicted octanol–water partition coefficient (Wildman–Crippen LogP) is 1.19. The molecule has 6 nitrogen and oxygen atoms in total. The molecule has 0 aliphatic heterocycles. The Morgan fingerprint density at radius 3 is 2.85 bits per heavy atom. The molecule has 0 radical (unpaired) electrons. The van der Waals surface area contributed by atoms with Gasteiger partial charge in [-0.05, 0) is 25.0 Å². The molecule has 2 rings (SSSR count). The first-order chi connectivity index (χ1) is 9.58. The number of carboxylic acids is 1. The Morgan fingerprint density at radius 1 is 1.45 bits per heavy atom. The van der Waals surface area contributed by atoms with Crippen molar-refractivity contribution in [2.75, 3.05) is 0 Å². The van der Waals surface area contributed by atoms with E-state index in [0.717, 1.165) is 25.0 Å². The number of rotatable bonds is 4. The third kappa shape index (κ3) is 3.46. The molecule has 2 N–H and O–H groups in total. The summed E-state index contributed by atoms with van der Waals surface area (Å²) >= 11 is 0. The number of aliphatic carboxylic acids is 1. The van der Waals surface area contributed by atoms with Crippen LogP contribution in [0.1, 0.15) is 31.4 Å². The number of aromatic nitrogens is 2. The SMILES string of the molecule is Cn1nccc1C=CC(=O)NC1CCCCC1C(=O)O. The Balaban J connectivity index is 1.95. The van der Waals surface area contributed by atoms with Crippen LogP contribution in [0.5, 0.6) is 0 Å². The van der Waals surface area contributed by atoms with Crippen molar-refractivity contribution in [2.24, 2.45) is 13.0 Å². The zero-order valence-electron chi connectivity index (χ0n) is 11.5. The highest BCUT2D eigenvalue weighted by Gasteiger charge is 2.31. The summed E-state index contributed by atoms with van der Waals surface area (Å²) in [6.45, 7) is 0. The Hall–Kier alpha value is -2.11. The zero-order chi connectivity index (χ0) is 14.5. The number of nitrogens with zero attached hydrogens (tertiary/aromatic N) is 2. The number of amides is 1. The van der Waals surface area contributed by atoms with Crippen molar-refractivity contribution in [1.29, 1.82) is 0 Å². The molecule has 1 saturated carbocycles. The summed E-state index contributed by atoms with van der Waals surface area (Å²) in [6.07, 6.45) is 7.97. The average Bonchev–Trinajstić information content (AvgIpc) is 2.82. The van der Waals surface area contributed by atoms with E-state index in [9.17, 15) is 9.59 Å². The van der Waals surface area contributed by atoms with E-state index < -0.39 is 11.9 Å². The monoisotopic (exact) mass is 277 g/mol. The van der Waals surface area contributed by atoms with Gasteiger partial charge in [0.15, 0.2) is 0 Å². The van der Waals surface area contributed by atoms with Gasteiger partial charge in [-0.25, -0.2) is 0 Å². The van der Waals surface area contributed by atoms with E-state index in [4.69, 9.17) is 5.11 Å². The van der Waals surface area contributed by atoms with Gasteiger partial charge in [-0.2, -0.15) is 5.10 Å². The quantitative estimate of drug-likeness (QED) is 0.810. The minimum Gasteiger partial charge on any atom is -0.481 e. The van der Waals surface area contributed by atoms with Gasteiger partial charge in [-0.15, -0.1) is 0 Å². The maximum Gasteiger partial charge on any atom is 0.308 e. The molecule has 20 heavy (non-hydrogen) atoms. The minimum absolute atomic E-state index is 0.260. The smallest absolute Gasteiger partial charge is 0.308 e. The first-order valence-corrected chi connectivity index (χ1v) is 6.77. The standard InChI is InChI=1S/C14H19N3O3/c1-17-10(8-9-15-17)6-7-13(18)16-12-5-3-2-4-11(12)14(19)20/h6-9,11-12H,2-5H2,1H3,(H,16,18)(H,19,20). The maximum atomic E-state index is 11.9. The second-order valence-electron chi connectivity index (χ2n) is 5.06. The summed E-state index contributed by atoms with van der Waals surface area (Å²) < 4.78 is 1.66. The maximum absolute atomic E-state index is 11.9.